The molecule has 0 radical (unpaired) electrons. The molecule has 5 nitrogen and oxygen atoms in total. The van der Waals surface area contributed by atoms with Crippen LogP contribution in [0.15, 0.2) is 42.6 Å². The summed E-state index contributed by atoms with van der Waals surface area (Å²) >= 11 is 6.10. The minimum Gasteiger partial charge on any atom is -0.494 e. The van der Waals surface area contributed by atoms with Crippen molar-refractivity contribution < 1.29 is 9.53 Å². The number of imidazole rings is 1. The Labute approximate surface area is 170 Å². The molecule has 3 aromatic rings. The number of nitrogens with one attached hydrogen (secondary N) is 1. The Morgan fingerprint density at radius 3 is 2.61 bits per heavy atom. The van der Waals surface area contributed by atoms with Crippen molar-refractivity contribution in [2.24, 2.45) is 0 Å². The predicted molar refractivity (Wildman–Crippen MR) is 114 cm³/mol. The SMILES string of the molecule is CCCCCCOc1ccc(NC(=O)c2c(CC)nc3ccc(Cl)cn23)cc1. The van der Waals surface area contributed by atoms with Crippen molar-refractivity contribution in [3.63, 3.8) is 0 Å². The minimum absolute atomic E-state index is 0.208. The molecule has 0 unspecified atom stereocenters. The van der Waals surface area contributed by atoms with Gasteiger partial charge in [0.25, 0.3) is 5.91 Å². The van der Waals surface area contributed by atoms with Gasteiger partial charge in [-0.3, -0.25) is 9.20 Å². The van der Waals surface area contributed by atoms with Crippen molar-refractivity contribution in [1.29, 1.82) is 0 Å². The third kappa shape index (κ3) is 4.84. The van der Waals surface area contributed by atoms with E-state index >= 15 is 0 Å². The summed E-state index contributed by atoms with van der Waals surface area (Å²) in [5.74, 6) is 0.602. The van der Waals surface area contributed by atoms with Crippen molar-refractivity contribution in [3.8, 4) is 5.75 Å². The number of carbonyl (C=O) groups is 1. The molecule has 0 aliphatic carbocycles. The van der Waals surface area contributed by atoms with Crippen LogP contribution in [-0.2, 0) is 6.42 Å². The topological polar surface area (TPSA) is 55.6 Å². The first-order valence-electron chi connectivity index (χ1n) is 9.83. The highest BCUT2D eigenvalue weighted by atomic mass is 35.5. The molecule has 0 aliphatic heterocycles. The Kier molecular flexibility index (Phi) is 6.93. The van der Waals surface area contributed by atoms with Crippen molar-refractivity contribution in [3.05, 3.63) is 59.0 Å². The van der Waals surface area contributed by atoms with Crippen LogP contribution >= 0.6 is 11.6 Å². The highest BCUT2D eigenvalue weighted by molar-refractivity contribution is 6.30. The lowest BCUT2D eigenvalue weighted by Gasteiger charge is -2.09. The van der Waals surface area contributed by atoms with E-state index in [1.807, 2.05) is 37.3 Å². The molecule has 148 valence electrons. The molecule has 1 N–H and O–H groups in total. The number of unbranched alkanes of at least 4 members (excludes halogenated alkanes) is 3. The molecule has 2 aromatic heterocycles. The van der Waals surface area contributed by atoms with Gasteiger partial charge in [-0.05, 0) is 49.2 Å². The fourth-order valence-electron chi connectivity index (χ4n) is 3.10. The van der Waals surface area contributed by atoms with Gasteiger partial charge in [-0.15, -0.1) is 0 Å². The van der Waals surface area contributed by atoms with Crippen molar-refractivity contribution >= 4 is 28.8 Å². The first-order chi connectivity index (χ1) is 13.6. The quantitative estimate of drug-likeness (QED) is 0.465. The van der Waals surface area contributed by atoms with Crippen molar-refractivity contribution in [2.75, 3.05) is 11.9 Å². The van der Waals surface area contributed by atoms with E-state index in [2.05, 4.69) is 17.2 Å². The average Bonchev–Trinajstić information content (AvgIpc) is 3.07. The zero-order valence-corrected chi connectivity index (χ0v) is 17.1. The van der Waals surface area contributed by atoms with Gasteiger partial charge in [-0.25, -0.2) is 4.98 Å². The fraction of sp³-hybridized carbons (Fsp3) is 0.364. The number of rotatable bonds is 9. The summed E-state index contributed by atoms with van der Waals surface area (Å²) in [6, 6.07) is 11.0. The molecule has 2 heterocycles. The maximum Gasteiger partial charge on any atom is 0.274 e. The predicted octanol–water partition coefficient (Wildman–Crippen LogP) is 5.76. The van der Waals surface area contributed by atoms with E-state index in [9.17, 15) is 4.79 Å². The van der Waals surface area contributed by atoms with Crippen LogP contribution in [0.5, 0.6) is 5.75 Å². The molecular weight excluding hydrogens is 374 g/mol. The molecule has 0 bridgehead atoms. The number of hydrogen-bond acceptors (Lipinski definition) is 3. The van der Waals surface area contributed by atoms with Crippen LogP contribution in [0.2, 0.25) is 5.02 Å². The molecule has 0 atom stereocenters. The summed E-state index contributed by atoms with van der Waals surface area (Å²) in [6.07, 6.45) is 7.08. The van der Waals surface area contributed by atoms with Gasteiger partial charge in [0.2, 0.25) is 0 Å². The summed E-state index contributed by atoms with van der Waals surface area (Å²) in [7, 11) is 0. The smallest absolute Gasteiger partial charge is 0.274 e. The number of ether oxygens (including phenoxy) is 1. The van der Waals surface area contributed by atoms with E-state index in [-0.39, 0.29) is 5.91 Å². The third-order valence-corrected chi connectivity index (χ3v) is 4.81. The number of anilines is 1. The fourth-order valence-corrected chi connectivity index (χ4v) is 3.26. The average molecular weight is 400 g/mol. The van der Waals surface area contributed by atoms with Gasteiger partial charge >= 0.3 is 0 Å². The number of nitrogens with zero attached hydrogens (tertiary/aromatic N) is 2. The lowest BCUT2D eigenvalue weighted by molar-refractivity contribution is 0.102. The summed E-state index contributed by atoms with van der Waals surface area (Å²) in [4.78, 5) is 17.4. The Hall–Kier alpha value is -2.53. The van der Waals surface area contributed by atoms with Crippen LogP contribution in [0.25, 0.3) is 5.65 Å². The summed E-state index contributed by atoms with van der Waals surface area (Å²) < 4.78 is 7.49. The van der Waals surface area contributed by atoms with Crippen LogP contribution in [0.4, 0.5) is 5.69 Å². The highest BCUT2D eigenvalue weighted by Gasteiger charge is 2.18. The Morgan fingerprint density at radius 1 is 1.11 bits per heavy atom. The number of fused-ring (bicyclic) bond motifs is 1. The van der Waals surface area contributed by atoms with Gasteiger partial charge in [-0.2, -0.15) is 0 Å². The first-order valence-corrected chi connectivity index (χ1v) is 10.2. The van der Waals surface area contributed by atoms with Crippen LogP contribution in [0, 0.1) is 0 Å². The summed E-state index contributed by atoms with van der Waals surface area (Å²) in [5.41, 5.74) is 2.67. The molecule has 0 spiro atoms. The normalized spacial score (nSPS) is 11.0. The van der Waals surface area contributed by atoms with E-state index in [1.54, 1.807) is 16.7 Å². The Balaban J connectivity index is 1.68. The molecule has 0 saturated carbocycles. The van der Waals surface area contributed by atoms with E-state index < -0.39 is 0 Å². The van der Waals surface area contributed by atoms with Crippen molar-refractivity contribution in [2.45, 2.75) is 46.0 Å². The van der Waals surface area contributed by atoms with Gasteiger partial charge in [0.15, 0.2) is 0 Å². The van der Waals surface area contributed by atoms with Crippen LogP contribution in [-0.4, -0.2) is 21.9 Å². The van der Waals surface area contributed by atoms with E-state index in [1.165, 1.54) is 19.3 Å². The van der Waals surface area contributed by atoms with E-state index in [0.29, 0.717) is 35.1 Å². The first kappa shape index (κ1) is 20.2. The van der Waals surface area contributed by atoms with Crippen LogP contribution < -0.4 is 10.1 Å². The van der Waals surface area contributed by atoms with Crippen molar-refractivity contribution in [1.82, 2.24) is 9.38 Å². The van der Waals surface area contributed by atoms with E-state index in [4.69, 9.17) is 16.3 Å². The Bertz CT molecular complexity index is 935. The van der Waals surface area contributed by atoms with Gasteiger partial charge in [0.05, 0.1) is 17.3 Å². The van der Waals surface area contributed by atoms with Crippen LogP contribution in [0.3, 0.4) is 0 Å². The zero-order valence-electron chi connectivity index (χ0n) is 16.4. The Morgan fingerprint density at radius 2 is 1.89 bits per heavy atom. The molecular formula is C22H26ClN3O2. The number of aromatic nitrogens is 2. The molecule has 3 rings (SSSR count). The number of amides is 1. The number of pyridine rings is 1. The summed E-state index contributed by atoms with van der Waals surface area (Å²) in [5, 5.41) is 3.50. The summed E-state index contributed by atoms with van der Waals surface area (Å²) in [6.45, 7) is 4.89. The van der Waals surface area contributed by atoms with Crippen LogP contribution in [0.1, 0.15) is 55.7 Å². The number of carbonyl (C=O) groups excluding carboxylic acids is 1. The van der Waals surface area contributed by atoms with Gasteiger partial charge in [-0.1, -0.05) is 44.7 Å². The number of benzene rings is 1. The zero-order chi connectivity index (χ0) is 19.9. The number of hydrogen-bond donors (Lipinski definition) is 1. The lowest BCUT2D eigenvalue weighted by atomic mass is 10.2. The monoisotopic (exact) mass is 399 g/mol. The largest absolute Gasteiger partial charge is 0.494 e. The van der Waals surface area contributed by atoms with Gasteiger partial charge < -0.3 is 10.1 Å². The number of halogens is 1. The molecule has 0 aliphatic rings. The van der Waals surface area contributed by atoms with Gasteiger partial charge in [0.1, 0.15) is 17.1 Å². The van der Waals surface area contributed by atoms with Gasteiger partial charge in [0, 0.05) is 11.9 Å². The molecule has 1 aromatic carbocycles. The second-order valence-electron chi connectivity index (χ2n) is 6.72. The highest BCUT2D eigenvalue weighted by Crippen LogP contribution is 2.20. The maximum absolute atomic E-state index is 12.9. The minimum atomic E-state index is -0.208. The molecule has 28 heavy (non-hydrogen) atoms. The van der Waals surface area contributed by atoms with E-state index in [0.717, 1.165) is 17.9 Å². The molecule has 0 fully saturated rings. The molecule has 0 saturated heterocycles. The lowest BCUT2D eigenvalue weighted by Crippen LogP contribution is -2.16. The standard InChI is InChI=1S/C22H26ClN3O2/c1-3-5-6-7-14-28-18-11-9-17(10-12-18)24-22(27)21-19(4-2)25-20-13-8-16(23)15-26(20)21/h8-13,15H,3-7,14H2,1-2H3,(H,24,27). The maximum atomic E-state index is 12.9. The second-order valence-corrected chi connectivity index (χ2v) is 7.16. The molecule has 6 heteroatoms. The molecule has 1 amide bonds. The number of aryl methyl sites for hydroxylation is 1. The third-order valence-electron chi connectivity index (χ3n) is 4.58. The second kappa shape index (κ2) is 9.60.